The van der Waals surface area contributed by atoms with Crippen LogP contribution in [0.15, 0.2) is 24.3 Å². The Hall–Kier alpha value is -1.26. The van der Waals surface area contributed by atoms with Crippen LogP contribution >= 0.6 is 12.4 Å². The van der Waals surface area contributed by atoms with Crippen molar-refractivity contribution in [2.75, 3.05) is 27.2 Å². The zero-order chi connectivity index (χ0) is 11.3. The lowest BCUT2D eigenvalue weighted by molar-refractivity contribution is 0.0478. The standard InChI is InChI=1S/C11H15NO3.ClH/c1-12(2)7-8-15-11(14)9-5-3-4-6-10(9)13;/h3-6,13H,7-8H2,1-2H3;1H. The van der Waals surface area contributed by atoms with Gasteiger partial charge in [-0.15, -0.1) is 12.4 Å². The summed E-state index contributed by atoms with van der Waals surface area (Å²) in [5, 5.41) is 9.38. The molecule has 1 N–H and O–H groups in total. The Morgan fingerprint density at radius 1 is 1.38 bits per heavy atom. The number of halogens is 1. The van der Waals surface area contributed by atoms with Crippen LogP contribution in [-0.2, 0) is 4.74 Å². The van der Waals surface area contributed by atoms with Gasteiger partial charge in [-0.3, -0.25) is 0 Å². The van der Waals surface area contributed by atoms with E-state index in [1.54, 1.807) is 12.1 Å². The van der Waals surface area contributed by atoms with Gasteiger partial charge in [-0.1, -0.05) is 12.1 Å². The molecule has 0 fully saturated rings. The average molecular weight is 246 g/mol. The van der Waals surface area contributed by atoms with Crippen molar-refractivity contribution < 1.29 is 14.6 Å². The van der Waals surface area contributed by atoms with Crippen molar-refractivity contribution in [3.05, 3.63) is 29.8 Å². The van der Waals surface area contributed by atoms with E-state index in [1.165, 1.54) is 12.1 Å². The molecule has 16 heavy (non-hydrogen) atoms. The molecule has 90 valence electrons. The van der Waals surface area contributed by atoms with Crippen molar-refractivity contribution >= 4 is 18.4 Å². The van der Waals surface area contributed by atoms with E-state index in [2.05, 4.69) is 0 Å². The Balaban J connectivity index is 0.00000225. The topological polar surface area (TPSA) is 49.8 Å². The van der Waals surface area contributed by atoms with Gasteiger partial charge in [-0.05, 0) is 26.2 Å². The van der Waals surface area contributed by atoms with E-state index in [1.807, 2.05) is 19.0 Å². The summed E-state index contributed by atoms with van der Waals surface area (Å²) in [6, 6.07) is 6.34. The number of nitrogens with zero attached hydrogens (tertiary/aromatic N) is 1. The largest absolute Gasteiger partial charge is 0.507 e. The van der Waals surface area contributed by atoms with E-state index in [0.717, 1.165) is 0 Å². The van der Waals surface area contributed by atoms with Gasteiger partial charge in [-0.25, -0.2) is 4.79 Å². The van der Waals surface area contributed by atoms with Gasteiger partial charge >= 0.3 is 5.97 Å². The fourth-order valence-electron chi connectivity index (χ4n) is 1.04. The van der Waals surface area contributed by atoms with Crippen molar-refractivity contribution in [1.29, 1.82) is 0 Å². The monoisotopic (exact) mass is 245 g/mol. The maximum atomic E-state index is 11.4. The highest BCUT2D eigenvalue weighted by atomic mass is 35.5. The third-order valence-electron chi connectivity index (χ3n) is 1.90. The van der Waals surface area contributed by atoms with E-state index < -0.39 is 5.97 Å². The fraction of sp³-hybridized carbons (Fsp3) is 0.364. The third-order valence-corrected chi connectivity index (χ3v) is 1.90. The quantitative estimate of drug-likeness (QED) is 0.818. The summed E-state index contributed by atoms with van der Waals surface area (Å²) in [4.78, 5) is 13.4. The Kier molecular flexibility index (Phi) is 6.53. The molecule has 0 amide bonds. The van der Waals surface area contributed by atoms with Gasteiger partial charge in [0.15, 0.2) is 0 Å². The van der Waals surface area contributed by atoms with Crippen LogP contribution in [0.2, 0.25) is 0 Å². The molecule has 0 unspecified atom stereocenters. The van der Waals surface area contributed by atoms with Gasteiger partial charge < -0.3 is 14.7 Å². The van der Waals surface area contributed by atoms with Crippen molar-refractivity contribution in [3.63, 3.8) is 0 Å². The molecule has 0 spiro atoms. The van der Waals surface area contributed by atoms with E-state index in [9.17, 15) is 9.90 Å². The van der Waals surface area contributed by atoms with Gasteiger partial charge in [-0.2, -0.15) is 0 Å². The normalized spacial score (nSPS) is 9.69. The summed E-state index contributed by atoms with van der Waals surface area (Å²) in [5.41, 5.74) is 0.205. The van der Waals surface area contributed by atoms with Crippen LogP contribution in [0.1, 0.15) is 10.4 Å². The van der Waals surface area contributed by atoms with Gasteiger partial charge in [0.2, 0.25) is 0 Å². The van der Waals surface area contributed by atoms with Crippen molar-refractivity contribution in [3.8, 4) is 5.75 Å². The average Bonchev–Trinajstić information content (AvgIpc) is 2.17. The molecule has 0 radical (unpaired) electrons. The summed E-state index contributed by atoms with van der Waals surface area (Å²) < 4.78 is 4.98. The van der Waals surface area contributed by atoms with Crippen LogP contribution < -0.4 is 0 Å². The maximum Gasteiger partial charge on any atom is 0.341 e. The van der Waals surface area contributed by atoms with Crippen LogP contribution in [0.4, 0.5) is 0 Å². The SMILES string of the molecule is CN(C)CCOC(=O)c1ccccc1O.Cl. The molecular weight excluding hydrogens is 230 g/mol. The molecule has 0 aromatic heterocycles. The first-order chi connectivity index (χ1) is 7.11. The van der Waals surface area contributed by atoms with E-state index >= 15 is 0 Å². The number of esters is 1. The number of para-hydroxylation sites is 1. The second-order valence-electron chi connectivity index (χ2n) is 3.46. The molecule has 4 nitrogen and oxygen atoms in total. The van der Waals surface area contributed by atoms with Crippen LogP contribution in [0.3, 0.4) is 0 Å². The molecule has 0 aliphatic heterocycles. The van der Waals surface area contributed by atoms with Crippen LogP contribution in [-0.4, -0.2) is 43.2 Å². The molecular formula is C11H16ClNO3. The zero-order valence-electron chi connectivity index (χ0n) is 9.34. The second kappa shape index (κ2) is 7.09. The third kappa shape index (κ3) is 4.51. The number of carbonyl (C=O) groups is 1. The first-order valence-corrected chi connectivity index (χ1v) is 4.71. The lowest BCUT2D eigenvalue weighted by Crippen LogP contribution is -2.20. The molecule has 0 saturated carbocycles. The summed E-state index contributed by atoms with van der Waals surface area (Å²) in [6.45, 7) is 0.986. The maximum absolute atomic E-state index is 11.4. The minimum absolute atomic E-state index is 0. The summed E-state index contributed by atoms with van der Waals surface area (Å²) in [7, 11) is 3.79. The summed E-state index contributed by atoms with van der Waals surface area (Å²) in [6.07, 6.45) is 0. The van der Waals surface area contributed by atoms with Crippen LogP contribution in [0.25, 0.3) is 0 Å². The highest BCUT2D eigenvalue weighted by molar-refractivity contribution is 5.92. The van der Waals surface area contributed by atoms with Gasteiger partial charge in [0.25, 0.3) is 0 Å². The fourth-order valence-corrected chi connectivity index (χ4v) is 1.04. The predicted octanol–water partition coefficient (Wildman–Crippen LogP) is 1.53. The molecule has 1 rings (SSSR count). The van der Waals surface area contributed by atoms with Gasteiger partial charge in [0.1, 0.15) is 17.9 Å². The first kappa shape index (κ1) is 14.7. The van der Waals surface area contributed by atoms with E-state index in [0.29, 0.717) is 13.2 Å². The second-order valence-corrected chi connectivity index (χ2v) is 3.46. The Labute approximate surface area is 101 Å². The lowest BCUT2D eigenvalue weighted by atomic mass is 10.2. The zero-order valence-corrected chi connectivity index (χ0v) is 10.2. The summed E-state index contributed by atoms with van der Waals surface area (Å²) in [5.74, 6) is -0.540. The number of hydrogen-bond donors (Lipinski definition) is 1. The highest BCUT2D eigenvalue weighted by Crippen LogP contribution is 2.16. The predicted molar refractivity (Wildman–Crippen MR) is 64.2 cm³/mol. The lowest BCUT2D eigenvalue weighted by Gasteiger charge is -2.10. The minimum atomic E-state index is -0.491. The van der Waals surface area contributed by atoms with Crippen LogP contribution in [0, 0.1) is 0 Å². The summed E-state index contributed by atoms with van der Waals surface area (Å²) >= 11 is 0. The molecule has 1 aromatic rings. The molecule has 1 aromatic carbocycles. The van der Waals surface area contributed by atoms with Crippen molar-refractivity contribution in [2.24, 2.45) is 0 Å². The molecule has 0 heterocycles. The molecule has 0 bridgehead atoms. The van der Waals surface area contributed by atoms with E-state index in [4.69, 9.17) is 4.74 Å². The number of benzene rings is 1. The van der Waals surface area contributed by atoms with Gasteiger partial charge in [0, 0.05) is 6.54 Å². The number of hydrogen-bond acceptors (Lipinski definition) is 4. The number of rotatable bonds is 4. The van der Waals surface area contributed by atoms with E-state index in [-0.39, 0.29) is 23.7 Å². The Morgan fingerprint density at radius 3 is 2.56 bits per heavy atom. The number of phenols is 1. The Morgan fingerprint density at radius 2 is 2.00 bits per heavy atom. The number of likely N-dealkylation sites (N-methyl/N-ethyl adjacent to an activating group) is 1. The molecule has 5 heteroatoms. The van der Waals surface area contributed by atoms with Crippen molar-refractivity contribution in [1.82, 2.24) is 4.90 Å². The van der Waals surface area contributed by atoms with Gasteiger partial charge in [0.05, 0.1) is 0 Å². The first-order valence-electron chi connectivity index (χ1n) is 4.71. The number of aromatic hydroxyl groups is 1. The molecule has 0 aliphatic rings. The molecule has 0 saturated heterocycles. The number of carbonyl (C=O) groups excluding carboxylic acids is 1. The Bertz CT molecular complexity index is 342. The number of phenolic OH excluding ortho intramolecular Hbond substituents is 1. The molecule has 0 aliphatic carbocycles. The number of ether oxygens (including phenoxy) is 1. The smallest absolute Gasteiger partial charge is 0.341 e. The minimum Gasteiger partial charge on any atom is -0.507 e. The molecule has 0 atom stereocenters. The van der Waals surface area contributed by atoms with Crippen molar-refractivity contribution in [2.45, 2.75) is 0 Å². The van der Waals surface area contributed by atoms with Crippen LogP contribution in [0.5, 0.6) is 5.75 Å². The highest BCUT2D eigenvalue weighted by Gasteiger charge is 2.10.